The van der Waals surface area contributed by atoms with Gasteiger partial charge < -0.3 is 5.32 Å². The van der Waals surface area contributed by atoms with E-state index >= 15 is 0 Å². The van der Waals surface area contributed by atoms with Crippen LogP contribution in [0.3, 0.4) is 0 Å². The van der Waals surface area contributed by atoms with Gasteiger partial charge in [0.15, 0.2) is 0 Å². The molecule has 0 saturated heterocycles. The Labute approximate surface area is 101 Å². The normalized spacial score (nSPS) is 13.2. The summed E-state index contributed by atoms with van der Waals surface area (Å²) in [5.41, 5.74) is 0.678. The molecule has 0 aliphatic heterocycles. The zero-order valence-electron chi connectivity index (χ0n) is 11.4. The summed E-state index contributed by atoms with van der Waals surface area (Å²) in [7, 11) is 0. The number of hydrogen-bond acceptors (Lipinski definition) is 2. The maximum absolute atomic E-state index is 3.60. The van der Waals surface area contributed by atoms with Gasteiger partial charge in [-0.1, -0.05) is 20.8 Å². The van der Waals surface area contributed by atoms with Gasteiger partial charge in [-0.2, -0.15) is 11.8 Å². The maximum atomic E-state index is 3.60. The Bertz CT molecular complexity index is 158. The zero-order valence-corrected chi connectivity index (χ0v) is 12.3. The van der Waals surface area contributed by atoms with Gasteiger partial charge in [0.1, 0.15) is 0 Å². The lowest BCUT2D eigenvalue weighted by Gasteiger charge is -2.30. The lowest BCUT2D eigenvalue weighted by molar-refractivity contribution is 0.272. The monoisotopic (exact) mass is 231 g/mol. The molecule has 0 aromatic rings. The van der Waals surface area contributed by atoms with Gasteiger partial charge in [0.25, 0.3) is 0 Å². The van der Waals surface area contributed by atoms with Crippen LogP contribution >= 0.6 is 11.8 Å². The summed E-state index contributed by atoms with van der Waals surface area (Å²) in [6, 6.07) is 0. The van der Waals surface area contributed by atoms with E-state index in [0.29, 0.717) is 5.41 Å². The SMILES string of the molecule is CCSCCCC(C)(C)CNC(C)(C)C. The predicted octanol–water partition coefficient (Wildman–Crippen LogP) is 3.93. The van der Waals surface area contributed by atoms with Gasteiger partial charge in [-0.25, -0.2) is 0 Å². The van der Waals surface area contributed by atoms with Gasteiger partial charge in [-0.05, 0) is 50.5 Å². The van der Waals surface area contributed by atoms with Crippen LogP contribution in [0.15, 0.2) is 0 Å². The predicted molar refractivity (Wildman–Crippen MR) is 73.8 cm³/mol. The molecule has 92 valence electrons. The Morgan fingerprint density at radius 1 is 1.07 bits per heavy atom. The minimum Gasteiger partial charge on any atom is -0.312 e. The van der Waals surface area contributed by atoms with E-state index in [0.717, 1.165) is 6.54 Å². The average molecular weight is 231 g/mol. The molecule has 1 N–H and O–H groups in total. The molecule has 0 aliphatic carbocycles. The molecule has 0 spiro atoms. The van der Waals surface area contributed by atoms with Crippen LogP contribution in [0.4, 0.5) is 0 Å². The molecule has 0 radical (unpaired) electrons. The number of rotatable bonds is 7. The largest absolute Gasteiger partial charge is 0.312 e. The molecular formula is C13H29NS. The first-order chi connectivity index (χ1) is 6.77. The van der Waals surface area contributed by atoms with E-state index in [1.165, 1.54) is 24.3 Å². The van der Waals surface area contributed by atoms with Crippen molar-refractivity contribution in [1.29, 1.82) is 0 Å². The standard InChI is InChI=1S/C13H29NS/c1-7-15-10-8-9-13(5,6)11-14-12(2,3)4/h14H,7-11H2,1-6H3. The summed E-state index contributed by atoms with van der Waals surface area (Å²) in [6.45, 7) is 14.8. The Balaban J connectivity index is 3.67. The Morgan fingerprint density at radius 2 is 1.67 bits per heavy atom. The fourth-order valence-electron chi connectivity index (χ4n) is 1.39. The van der Waals surface area contributed by atoms with Crippen LogP contribution in [0.1, 0.15) is 54.4 Å². The third kappa shape index (κ3) is 10.6. The van der Waals surface area contributed by atoms with E-state index < -0.39 is 0 Å². The van der Waals surface area contributed by atoms with Crippen LogP contribution in [0.25, 0.3) is 0 Å². The molecule has 2 heteroatoms. The molecule has 0 aromatic heterocycles. The van der Waals surface area contributed by atoms with Crippen LogP contribution in [-0.4, -0.2) is 23.6 Å². The molecule has 1 nitrogen and oxygen atoms in total. The van der Waals surface area contributed by atoms with Crippen LogP contribution < -0.4 is 5.32 Å². The van der Waals surface area contributed by atoms with Gasteiger partial charge in [0, 0.05) is 12.1 Å². The Kier molecular flexibility index (Phi) is 6.94. The highest BCUT2D eigenvalue weighted by Crippen LogP contribution is 2.23. The fourth-order valence-corrected chi connectivity index (χ4v) is 2.03. The van der Waals surface area contributed by atoms with Crippen LogP contribution in [0.2, 0.25) is 0 Å². The fraction of sp³-hybridized carbons (Fsp3) is 1.00. The summed E-state index contributed by atoms with van der Waals surface area (Å²) in [5.74, 6) is 2.57. The Morgan fingerprint density at radius 3 is 2.13 bits per heavy atom. The van der Waals surface area contributed by atoms with Gasteiger partial charge in [-0.15, -0.1) is 0 Å². The quantitative estimate of drug-likeness (QED) is 0.666. The van der Waals surface area contributed by atoms with Crippen molar-refractivity contribution < 1.29 is 0 Å². The van der Waals surface area contributed by atoms with Crippen LogP contribution in [-0.2, 0) is 0 Å². The van der Waals surface area contributed by atoms with Crippen molar-refractivity contribution >= 4 is 11.8 Å². The van der Waals surface area contributed by atoms with Crippen molar-refractivity contribution in [2.24, 2.45) is 5.41 Å². The first kappa shape index (κ1) is 15.3. The topological polar surface area (TPSA) is 12.0 Å². The number of hydrogen-bond donors (Lipinski definition) is 1. The molecule has 0 atom stereocenters. The molecule has 0 rings (SSSR count). The highest BCUT2D eigenvalue weighted by Gasteiger charge is 2.20. The molecule has 0 bridgehead atoms. The van der Waals surface area contributed by atoms with E-state index in [2.05, 4.69) is 58.6 Å². The van der Waals surface area contributed by atoms with Gasteiger partial charge >= 0.3 is 0 Å². The first-order valence-electron chi connectivity index (χ1n) is 6.10. The van der Waals surface area contributed by atoms with Crippen molar-refractivity contribution in [2.45, 2.75) is 59.9 Å². The van der Waals surface area contributed by atoms with Crippen molar-refractivity contribution in [2.75, 3.05) is 18.1 Å². The molecule has 0 heterocycles. The van der Waals surface area contributed by atoms with Crippen LogP contribution in [0, 0.1) is 5.41 Å². The van der Waals surface area contributed by atoms with Crippen molar-refractivity contribution in [3.8, 4) is 0 Å². The molecule has 0 fully saturated rings. The Hall–Kier alpha value is 0.310. The molecule has 0 aliphatic rings. The van der Waals surface area contributed by atoms with E-state index in [9.17, 15) is 0 Å². The second-order valence-electron chi connectivity index (χ2n) is 6.07. The highest BCUT2D eigenvalue weighted by atomic mass is 32.2. The van der Waals surface area contributed by atoms with Crippen LogP contribution in [0.5, 0.6) is 0 Å². The minimum absolute atomic E-state index is 0.245. The first-order valence-corrected chi connectivity index (χ1v) is 7.25. The second kappa shape index (κ2) is 6.80. The average Bonchev–Trinajstić information content (AvgIpc) is 2.09. The minimum atomic E-state index is 0.245. The van der Waals surface area contributed by atoms with Crippen molar-refractivity contribution in [3.05, 3.63) is 0 Å². The molecule has 0 unspecified atom stereocenters. The molecule has 0 aromatic carbocycles. The van der Waals surface area contributed by atoms with Gasteiger partial charge in [0.2, 0.25) is 0 Å². The smallest absolute Gasteiger partial charge is 0.00967 e. The van der Waals surface area contributed by atoms with E-state index in [4.69, 9.17) is 0 Å². The van der Waals surface area contributed by atoms with Crippen molar-refractivity contribution in [1.82, 2.24) is 5.32 Å². The number of nitrogens with one attached hydrogen (secondary N) is 1. The third-order valence-electron chi connectivity index (χ3n) is 2.44. The summed E-state index contributed by atoms with van der Waals surface area (Å²) >= 11 is 2.05. The lowest BCUT2D eigenvalue weighted by atomic mass is 9.87. The molecule has 15 heavy (non-hydrogen) atoms. The third-order valence-corrected chi connectivity index (χ3v) is 3.43. The second-order valence-corrected chi connectivity index (χ2v) is 7.46. The zero-order chi connectivity index (χ0) is 11.9. The number of thioether (sulfide) groups is 1. The molecule has 0 amide bonds. The summed E-state index contributed by atoms with van der Waals surface area (Å²) in [6.07, 6.45) is 2.67. The highest BCUT2D eigenvalue weighted by molar-refractivity contribution is 7.99. The van der Waals surface area contributed by atoms with Crippen molar-refractivity contribution in [3.63, 3.8) is 0 Å². The maximum Gasteiger partial charge on any atom is 0.00967 e. The van der Waals surface area contributed by atoms with E-state index in [1.54, 1.807) is 0 Å². The van der Waals surface area contributed by atoms with Gasteiger partial charge in [0.05, 0.1) is 0 Å². The van der Waals surface area contributed by atoms with E-state index in [-0.39, 0.29) is 5.54 Å². The van der Waals surface area contributed by atoms with E-state index in [1.807, 2.05) is 0 Å². The summed E-state index contributed by atoms with van der Waals surface area (Å²) in [4.78, 5) is 0. The molecule has 0 saturated carbocycles. The summed E-state index contributed by atoms with van der Waals surface area (Å²) in [5, 5.41) is 3.60. The molecular weight excluding hydrogens is 202 g/mol. The van der Waals surface area contributed by atoms with Gasteiger partial charge in [-0.3, -0.25) is 0 Å². The lowest BCUT2D eigenvalue weighted by Crippen LogP contribution is -2.41. The summed E-state index contributed by atoms with van der Waals surface area (Å²) < 4.78 is 0.